The summed E-state index contributed by atoms with van der Waals surface area (Å²) in [6.45, 7) is 10.6. The van der Waals surface area contributed by atoms with E-state index in [1.54, 1.807) is 6.08 Å². The molecule has 0 saturated heterocycles. The molecular formula is C28H35N3O3. The summed E-state index contributed by atoms with van der Waals surface area (Å²) in [4.78, 5) is 2.31. The molecule has 34 heavy (non-hydrogen) atoms. The number of nitrogens with zero attached hydrogens (tertiary/aromatic N) is 3. The number of hydrogen-bond donors (Lipinski definition) is 1. The fourth-order valence-corrected chi connectivity index (χ4v) is 4.02. The Hall–Kier alpha value is -2.93. The molecule has 0 bridgehead atoms. The Kier molecular flexibility index (Phi) is 8.16. The van der Waals surface area contributed by atoms with Gasteiger partial charge in [-0.25, -0.2) is 4.68 Å². The van der Waals surface area contributed by atoms with Gasteiger partial charge in [0.2, 0.25) is 5.88 Å². The van der Waals surface area contributed by atoms with E-state index in [-0.39, 0.29) is 0 Å². The predicted molar refractivity (Wildman–Crippen MR) is 135 cm³/mol. The third-order valence-electron chi connectivity index (χ3n) is 5.98. The van der Waals surface area contributed by atoms with E-state index < -0.39 is 6.10 Å². The molecular weight excluding hydrogens is 426 g/mol. The number of aryl methyl sites for hydroxylation is 2. The Balaban J connectivity index is 1.62. The molecule has 0 unspecified atom stereocenters. The zero-order chi connectivity index (χ0) is 23.9. The van der Waals surface area contributed by atoms with Gasteiger partial charge in [-0.15, -0.1) is 6.58 Å². The molecule has 1 aromatic heterocycles. The molecule has 1 saturated carbocycles. The number of rotatable bonds is 13. The molecule has 1 heterocycles. The number of aromatic nitrogens is 2. The molecule has 6 nitrogen and oxygen atoms in total. The van der Waals surface area contributed by atoms with E-state index in [4.69, 9.17) is 14.6 Å². The van der Waals surface area contributed by atoms with Crippen LogP contribution in [0.1, 0.15) is 29.7 Å². The fraction of sp³-hybridized carbons (Fsp3) is 0.393. The van der Waals surface area contributed by atoms with E-state index in [1.807, 2.05) is 66.2 Å². The lowest BCUT2D eigenvalue weighted by molar-refractivity contribution is 0.0235. The Labute approximate surface area is 202 Å². The summed E-state index contributed by atoms with van der Waals surface area (Å²) in [5.41, 5.74) is 4.09. The SMILES string of the molecule is C=CCOC[C@@H](O)CN(Cc1c(C)nn(-c2ccccc2)c1Oc1ccc(C)cc1)CC1CC1. The third-order valence-corrected chi connectivity index (χ3v) is 5.98. The summed E-state index contributed by atoms with van der Waals surface area (Å²) in [7, 11) is 0. The normalized spacial score (nSPS) is 14.4. The Morgan fingerprint density at radius 3 is 2.56 bits per heavy atom. The van der Waals surface area contributed by atoms with Gasteiger partial charge >= 0.3 is 0 Å². The second-order valence-electron chi connectivity index (χ2n) is 9.15. The Morgan fingerprint density at radius 1 is 1.15 bits per heavy atom. The first kappa shape index (κ1) is 24.2. The minimum absolute atomic E-state index is 0.294. The molecule has 6 heteroatoms. The van der Waals surface area contributed by atoms with Crippen molar-refractivity contribution in [2.45, 2.75) is 39.3 Å². The number of hydrogen-bond acceptors (Lipinski definition) is 5. The summed E-state index contributed by atoms with van der Waals surface area (Å²) in [6, 6.07) is 18.1. The van der Waals surface area contributed by atoms with Gasteiger partial charge < -0.3 is 14.6 Å². The quantitative estimate of drug-likeness (QED) is 0.285. The molecule has 0 spiro atoms. The summed E-state index contributed by atoms with van der Waals surface area (Å²) in [6.07, 6.45) is 3.62. The minimum Gasteiger partial charge on any atom is -0.439 e. The molecule has 0 amide bonds. The van der Waals surface area contributed by atoms with Crippen molar-refractivity contribution in [3.05, 3.63) is 84.1 Å². The van der Waals surface area contributed by atoms with Crippen molar-refractivity contribution in [1.82, 2.24) is 14.7 Å². The van der Waals surface area contributed by atoms with Gasteiger partial charge in [0.1, 0.15) is 5.75 Å². The average Bonchev–Trinajstić information content (AvgIpc) is 3.60. The highest BCUT2D eigenvalue weighted by atomic mass is 16.5. The van der Waals surface area contributed by atoms with Crippen molar-refractivity contribution >= 4 is 0 Å². The predicted octanol–water partition coefficient (Wildman–Crippen LogP) is 5.06. The van der Waals surface area contributed by atoms with E-state index in [0.29, 0.717) is 38.1 Å². The van der Waals surface area contributed by atoms with Gasteiger partial charge in [-0.05, 0) is 56.9 Å². The third kappa shape index (κ3) is 6.56. The highest BCUT2D eigenvalue weighted by Gasteiger charge is 2.28. The second-order valence-corrected chi connectivity index (χ2v) is 9.15. The van der Waals surface area contributed by atoms with Crippen molar-refractivity contribution in [2.75, 3.05) is 26.3 Å². The molecule has 1 atom stereocenters. The molecule has 0 aliphatic heterocycles. The molecule has 1 aliphatic rings. The first-order valence-corrected chi connectivity index (χ1v) is 12.0. The van der Waals surface area contributed by atoms with Gasteiger partial charge in [-0.1, -0.05) is 42.0 Å². The van der Waals surface area contributed by atoms with E-state index in [2.05, 4.69) is 18.4 Å². The molecule has 1 aliphatic carbocycles. The van der Waals surface area contributed by atoms with Crippen molar-refractivity contribution in [2.24, 2.45) is 5.92 Å². The summed E-state index contributed by atoms with van der Waals surface area (Å²) in [5, 5.41) is 15.4. The highest BCUT2D eigenvalue weighted by Crippen LogP contribution is 2.34. The molecule has 180 valence electrons. The summed E-state index contributed by atoms with van der Waals surface area (Å²) < 4.78 is 13.8. The minimum atomic E-state index is -0.565. The average molecular weight is 462 g/mol. The van der Waals surface area contributed by atoms with Crippen LogP contribution >= 0.6 is 0 Å². The van der Waals surface area contributed by atoms with Crippen LogP contribution in [-0.2, 0) is 11.3 Å². The zero-order valence-corrected chi connectivity index (χ0v) is 20.2. The standard InChI is InChI=1S/C28H35N3O3/c1-4-16-33-20-25(32)18-30(17-23-12-13-23)19-27-22(3)29-31(24-8-6-5-7-9-24)28(27)34-26-14-10-21(2)11-15-26/h4-11,14-15,23,25,32H,1,12-13,16-20H2,2-3H3/t25-/m0/s1. The molecule has 4 rings (SSSR count). The van der Waals surface area contributed by atoms with E-state index in [1.165, 1.54) is 18.4 Å². The fourth-order valence-electron chi connectivity index (χ4n) is 4.02. The lowest BCUT2D eigenvalue weighted by Crippen LogP contribution is -2.36. The molecule has 0 radical (unpaired) electrons. The Bertz CT molecular complexity index is 1060. The monoisotopic (exact) mass is 461 g/mol. The van der Waals surface area contributed by atoms with Gasteiger partial charge in [-0.2, -0.15) is 5.10 Å². The maximum absolute atomic E-state index is 10.6. The van der Waals surface area contributed by atoms with Crippen LogP contribution < -0.4 is 4.74 Å². The van der Waals surface area contributed by atoms with Gasteiger partial charge in [-0.3, -0.25) is 4.90 Å². The maximum Gasteiger partial charge on any atom is 0.227 e. The molecule has 1 N–H and O–H groups in total. The number of aliphatic hydroxyl groups excluding tert-OH is 1. The Morgan fingerprint density at radius 2 is 1.88 bits per heavy atom. The summed E-state index contributed by atoms with van der Waals surface area (Å²) in [5.74, 6) is 2.17. The molecule has 3 aromatic rings. The number of aliphatic hydroxyl groups is 1. The van der Waals surface area contributed by atoms with E-state index in [9.17, 15) is 5.11 Å². The number of para-hydroxylation sites is 1. The van der Waals surface area contributed by atoms with Crippen LogP contribution in [0.25, 0.3) is 5.69 Å². The lowest BCUT2D eigenvalue weighted by atomic mass is 10.2. The van der Waals surface area contributed by atoms with Crippen molar-refractivity contribution in [3.8, 4) is 17.3 Å². The zero-order valence-electron chi connectivity index (χ0n) is 20.2. The van der Waals surface area contributed by atoms with E-state index in [0.717, 1.165) is 29.2 Å². The number of benzene rings is 2. The van der Waals surface area contributed by atoms with Crippen LogP contribution in [0.4, 0.5) is 0 Å². The lowest BCUT2D eigenvalue weighted by Gasteiger charge is -2.25. The summed E-state index contributed by atoms with van der Waals surface area (Å²) >= 11 is 0. The van der Waals surface area contributed by atoms with Gasteiger partial charge in [0.15, 0.2) is 0 Å². The van der Waals surface area contributed by atoms with Crippen LogP contribution in [0.2, 0.25) is 0 Å². The van der Waals surface area contributed by atoms with Gasteiger partial charge in [0, 0.05) is 19.6 Å². The maximum atomic E-state index is 10.6. The van der Waals surface area contributed by atoms with Crippen LogP contribution in [0, 0.1) is 19.8 Å². The number of ether oxygens (including phenoxy) is 2. The van der Waals surface area contributed by atoms with Gasteiger partial charge in [0.25, 0.3) is 0 Å². The van der Waals surface area contributed by atoms with E-state index >= 15 is 0 Å². The smallest absolute Gasteiger partial charge is 0.227 e. The first-order valence-electron chi connectivity index (χ1n) is 12.0. The highest BCUT2D eigenvalue weighted by molar-refractivity contribution is 5.43. The molecule has 2 aromatic carbocycles. The van der Waals surface area contributed by atoms with Crippen molar-refractivity contribution in [3.63, 3.8) is 0 Å². The van der Waals surface area contributed by atoms with Crippen LogP contribution in [-0.4, -0.2) is 52.2 Å². The van der Waals surface area contributed by atoms with Gasteiger partial charge in [0.05, 0.1) is 36.3 Å². The van der Waals surface area contributed by atoms with Crippen LogP contribution in [0.15, 0.2) is 67.3 Å². The van der Waals surface area contributed by atoms with Crippen molar-refractivity contribution < 1.29 is 14.6 Å². The van der Waals surface area contributed by atoms with Crippen LogP contribution in [0.3, 0.4) is 0 Å². The topological polar surface area (TPSA) is 59.8 Å². The van der Waals surface area contributed by atoms with Crippen molar-refractivity contribution in [1.29, 1.82) is 0 Å². The first-order chi connectivity index (χ1) is 16.5. The second kappa shape index (κ2) is 11.5. The molecule has 1 fully saturated rings. The van der Waals surface area contributed by atoms with Crippen LogP contribution in [0.5, 0.6) is 11.6 Å². The largest absolute Gasteiger partial charge is 0.439 e.